The first-order valence-corrected chi connectivity index (χ1v) is 7.14. The van der Waals surface area contributed by atoms with Gasteiger partial charge >= 0.3 is 0 Å². The number of likely N-dealkylation sites (tertiary alicyclic amines) is 1. The lowest BCUT2D eigenvalue weighted by Gasteiger charge is -2.31. The van der Waals surface area contributed by atoms with Crippen molar-refractivity contribution in [2.24, 2.45) is 0 Å². The van der Waals surface area contributed by atoms with Crippen molar-refractivity contribution in [3.63, 3.8) is 0 Å². The Morgan fingerprint density at radius 2 is 1.95 bits per heavy atom. The van der Waals surface area contributed by atoms with Crippen LogP contribution in [-0.4, -0.2) is 28.0 Å². The first kappa shape index (κ1) is 14.1. The Morgan fingerprint density at radius 1 is 1.14 bits per heavy atom. The Kier molecular flexibility index (Phi) is 4.20. The molecule has 1 aromatic heterocycles. The van der Waals surface area contributed by atoms with Gasteiger partial charge in [-0.25, -0.2) is 8.78 Å². The molecule has 0 saturated carbocycles. The fourth-order valence-corrected chi connectivity index (χ4v) is 2.80. The second-order valence-corrected chi connectivity index (χ2v) is 5.42. The van der Waals surface area contributed by atoms with Crippen LogP contribution in [0.4, 0.5) is 8.78 Å². The fourth-order valence-electron chi connectivity index (χ4n) is 2.80. The van der Waals surface area contributed by atoms with Crippen LogP contribution in [0.5, 0.6) is 0 Å². The predicted octanol–water partition coefficient (Wildman–Crippen LogP) is 3.13. The summed E-state index contributed by atoms with van der Waals surface area (Å²) in [5, 5.41) is 0. The standard InChI is InChI=1S/C16H17F2N3/c17-14-2-1-13(15(18)9-14)11-21-7-3-12(4-8-21)16-10-19-5-6-20-16/h1-2,5-6,9-10,12H,3-4,7-8,11H2. The minimum atomic E-state index is -0.530. The highest BCUT2D eigenvalue weighted by molar-refractivity contribution is 5.18. The average Bonchev–Trinajstić information content (AvgIpc) is 2.52. The monoisotopic (exact) mass is 289 g/mol. The van der Waals surface area contributed by atoms with E-state index in [9.17, 15) is 8.78 Å². The maximum Gasteiger partial charge on any atom is 0.130 e. The zero-order chi connectivity index (χ0) is 14.7. The molecule has 0 spiro atoms. The van der Waals surface area contributed by atoms with Crippen molar-refractivity contribution < 1.29 is 8.78 Å². The van der Waals surface area contributed by atoms with Gasteiger partial charge in [0.1, 0.15) is 11.6 Å². The average molecular weight is 289 g/mol. The molecule has 0 unspecified atom stereocenters. The van der Waals surface area contributed by atoms with Crippen LogP contribution in [0, 0.1) is 11.6 Å². The van der Waals surface area contributed by atoms with E-state index in [1.165, 1.54) is 12.1 Å². The quantitative estimate of drug-likeness (QED) is 0.869. The van der Waals surface area contributed by atoms with Crippen molar-refractivity contribution in [1.29, 1.82) is 0 Å². The van der Waals surface area contributed by atoms with Crippen LogP contribution >= 0.6 is 0 Å². The second-order valence-electron chi connectivity index (χ2n) is 5.42. The molecule has 2 aromatic rings. The molecular weight excluding hydrogens is 272 g/mol. The molecule has 0 atom stereocenters. The Labute approximate surface area is 122 Å². The highest BCUT2D eigenvalue weighted by Crippen LogP contribution is 2.27. The summed E-state index contributed by atoms with van der Waals surface area (Å²) in [5.74, 6) is -0.573. The molecule has 0 bridgehead atoms. The van der Waals surface area contributed by atoms with Gasteiger partial charge < -0.3 is 0 Å². The molecule has 0 amide bonds. The van der Waals surface area contributed by atoms with Gasteiger partial charge in [0.25, 0.3) is 0 Å². The summed E-state index contributed by atoms with van der Waals surface area (Å²) in [7, 11) is 0. The first-order valence-electron chi connectivity index (χ1n) is 7.14. The molecule has 1 fully saturated rings. The molecule has 21 heavy (non-hydrogen) atoms. The Balaban J connectivity index is 1.59. The molecule has 1 saturated heterocycles. The highest BCUT2D eigenvalue weighted by atomic mass is 19.1. The van der Waals surface area contributed by atoms with E-state index in [1.807, 2.05) is 6.20 Å². The summed E-state index contributed by atoms with van der Waals surface area (Å²) in [5.41, 5.74) is 1.58. The van der Waals surface area contributed by atoms with Gasteiger partial charge in [0, 0.05) is 42.7 Å². The minimum Gasteiger partial charge on any atom is -0.299 e. The maximum absolute atomic E-state index is 13.7. The van der Waals surface area contributed by atoms with Gasteiger partial charge in [0.2, 0.25) is 0 Å². The zero-order valence-corrected chi connectivity index (χ0v) is 11.7. The third-order valence-corrected chi connectivity index (χ3v) is 4.00. The van der Waals surface area contributed by atoms with Crippen molar-refractivity contribution in [2.75, 3.05) is 13.1 Å². The minimum absolute atomic E-state index is 0.424. The molecule has 1 aromatic carbocycles. The Morgan fingerprint density at radius 3 is 2.62 bits per heavy atom. The van der Waals surface area contributed by atoms with Gasteiger partial charge in [0.05, 0.1) is 5.69 Å². The number of halogens is 2. The molecule has 110 valence electrons. The third-order valence-electron chi connectivity index (χ3n) is 4.00. The number of hydrogen-bond donors (Lipinski definition) is 0. The molecule has 1 aliphatic rings. The van der Waals surface area contributed by atoms with E-state index < -0.39 is 11.6 Å². The highest BCUT2D eigenvalue weighted by Gasteiger charge is 2.22. The lowest BCUT2D eigenvalue weighted by Crippen LogP contribution is -2.33. The molecule has 5 heteroatoms. The van der Waals surface area contributed by atoms with Crippen molar-refractivity contribution in [3.8, 4) is 0 Å². The molecule has 3 rings (SSSR count). The summed E-state index contributed by atoms with van der Waals surface area (Å²) in [6.07, 6.45) is 7.19. The Hall–Kier alpha value is -1.88. The number of aromatic nitrogens is 2. The molecule has 0 radical (unpaired) electrons. The van der Waals surface area contributed by atoms with Gasteiger partial charge in [-0.05, 0) is 32.0 Å². The van der Waals surface area contributed by atoms with E-state index in [1.54, 1.807) is 12.4 Å². The van der Waals surface area contributed by atoms with E-state index in [0.717, 1.165) is 37.7 Å². The number of nitrogens with zero attached hydrogens (tertiary/aromatic N) is 3. The van der Waals surface area contributed by atoms with E-state index in [0.29, 0.717) is 18.0 Å². The number of rotatable bonds is 3. The third kappa shape index (κ3) is 3.42. The fraction of sp³-hybridized carbons (Fsp3) is 0.375. The molecule has 0 aliphatic carbocycles. The Bertz CT molecular complexity index is 596. The molecule has 3 nitrogen and oxygen atoms in total. The molecular formula is C16H17F2N3. The van der Waals surface area contributed by atoms with E-state index >= 15 is 0 Å². The summed E-state index contributed by atoms with van der Waals surface area (Å²) in [6, 6.07) is 3.78. The normalized spacial score (nSPS) is 17.0. The van der Waals surface area contributed by atoms with Crippen LogP contribution in [0.2, 0.25) is 0 Å². The van der Waals surface area contributed by atoms with Crippen molar-refractivity contribution in [2.45, 2.75) is 25.3 Å². The van der Waals surface area contributed by atoms with E-state index in [4.69, 9.17) is 0 Å². The molecule has 2 heterocycles. The maximum atomic E-state index is 13.7. The van der Waals surface area contributed by atoms with Gasteiger partial charge in [-0.3, -0.25) is 14.9 Å². The largest absolute Gasteiger partial charge is 0.299 e. The molecule has 1 aliphatic heterocycles. The van der Waals surface area contributed by atoms with Crippen molar-refractivity contribution in [3.05, 3.63) is 59.7 Å². The van der Waals surface area contributed by atoms with Crippen LogP contribution in [-0.2, 0) is 6.54 Å². The first-order chi connectivity index (χ1) is 10.2. The summed E-state index contributed by atoms with van der Waals surface area (Å²) < 4.78 is 26.6. The van der Waals surface area contributed by atoms with Crippen LogP contribution in [0.3, 0.4) is 0 Å². The van der Waals surface area contributed by atoms with Crippen LogP contribution < -0.4 is 0 Å². The predicted molar refractivity (Wildman–Crippen MR) is 75.6 cm³/mol. The lowest BCUT2D eigenvalue weighted by molar-refractivity contribution is 0.201. The summed E-state index contributed by atoms with van der Waals surface area (Å²) in [6.45, 7) is 2.30. The van der Waals surface area contributed by atoms with E-state index in [2.05, 4.69) is 14.9 Å². The lowest BCUT2D eigenvalue weighted by atomic mass is 9.93. The van der Waals surface area contributed by atoms with Crippen molar-refractivity contribution in [1.82, 2.24) is 14.9 Å². The number of hydrogen-bond acceptors (Lipinski definition) is 3. The van der Waals surface area contributed by atoms with Crippen LogP contribution in [0.1, 0.15) is 30.0 Å². The summed E-state index contributed by atoms with van der Waals surface area (Å²) >= 11 is 0. The zero-order valence-electron chi connectivity index (χ0n) is 11.7. The van der Waals surface area contributed by atoms with Gasteiger partial charge in [-0.1, -0.05) is 6.07 Å². The van der Waals surface area contributed by atoms with Crippen LogP contribution in [0.15, 0.2) is 36.8 Å². The second kappa shape index (κ2) is 6.26. The van der Waals surface area contributed by atoms with Gasteiger partial charge in [-0.2, -0.15) is 0 Å². The number of piperidine rings is 1. The topological polar surface area (TPSA) is 29.0 Å². The molecule has 0 N–H and O–H groups in total. The van der Waals surface area contributed by atoms with E-state index in [-0.39, 0.29) is 0 Å². The SMILES string of the molecule is Fc1ccc(CN2CCC(c3cnccn3)CC2)c(F)c1. The van der Waals surface area contributed by atoms with Gasteiger partial charge in [0.15, 0.2) is 0 Å². The van der Waals surface area contributed by atoms with Gasteiger partial charge in [-0.15, -0.1) is 0 Å². The van der Waals surface area contributed by atoms with Crippen LogP contribution in [0.25, 0.3) is 0 Å². The number of benzene rings is 1. The summed E-state index contributed by atoms with van der Waals surface area (Å²) in [4.78, 5) is 10.7. The van der Waals surface area contributed by atoms with Crippen molar-refractivity contribution >= 4 is 0 Å². The smallest absolute Gasteiger partial charge is 0.130 e.